The summed E-state index contributed by atoms with van der Waals surface area (Å²) in [7, 11) is 0. The lowest BCUT2D eigenvalue weighted by Gasteiger charge is -2.11. The Bertz CT molecular complexity index is 611. The van der Waals surface area contributed by atoms with Crippen molar-refractivity contribution >= 4 is 22.4 Å². The molecule has 4 nitrogen and oxygen atoms in total. The standard InChI is InChI=1S/C13H12FN3OS/c14-9-3-1-8(2-4-9)11-7-19-13(16-11)17-6-10(15)5-12(17)18/h1-4,7,10H,5-6,15H2. The molecule has 0 saturated carbocycles. The Morgan fingerprint density at radius 1 is 1.37 bits per heavy atom. The third kappa shape index (κ3) is 2.36. The molecule has 1 saturated heterocycles. The number of halogens is 1. The Kier molecular flexibility index (Phi) is 3.04. The van der Waals surface area contributed by atoms with Crippen LogP contribution in [0.1, 0.15) is 6.42 Å². The molecule has 1 amide bonds. The lowest BCUT2D eigenvalue weighted by Crippen LogP contribution is -2.27. The normalized spacial score (nSPS) is 19.2. The average Bonchev–Trinajstić information content (AvgIpc) is 2.97. The van der Waals surface area contributed by atoms with Gasteiger partial charge >= 0.3 is 0 Å². The number of benzene rings is 1. The van der Waals surface area contributed by atoms with Crippen molar-refractivity contribution in [3.05, 3.63) is 35.5 Å². The van der Waals surface area contributed by atoms with Crippen LogP contribution in [0.3, 0.4) is 0 Å². The molecule has 1 atom stereocenters. The van der Waals surface area contributed by atoms with E-state index in [4.69, 9.17) is 5.73 Å². The highest BCUT2D eigenvalue weighted by molar-refractivity contribution is 7.14. The minimum atomic E-state index is -0.278. The Morgan fingerprint density at radius 3 is 2.74 bits per heavy atom. The topological polar surface area (TPSA) is 59.2 Å². The van der Waals surface area contributed by atoms with Crippen molar-refractivity contribution in [3.8, 4) is 11.3 Å². The van der Waals surface area contributed by atoms with Crippen LogP contribution in [0.5, 0.6) is 0 Å². The van der Waals surface area contributed by atoms with Crippen LogP contribution in [0.25, 0.3) is 11.3 Å². The van der Waals surface area contributed by atoms with E-state index in [1.54, 1.807) is 17.0 Å². The zero-order chi connectivity index (χ0) is 13.4. The van der Waals surface area contributed by atoms with Gasteiger partial charge in [-0.1, -0.05) is 0 Å². The summed E-state index contributed by atoms with van der Waals surface area (Å²) in [6.45, 7) is 0.509. The molecule has 19 heavy (non-hydrogen) atoms. The zero-order valence-electron chi connectivity index (χ0n) is 10.0. The molecule has 0 aliphatic carbocycles. The first-order chi connectivity index (χ1) is 9.13. The molecule has 2 heterocycles. The van der Waals surface area contributed by atoms with Crippen LogP contribution >= 0.6 is 11.3 Å². The largest absolute Gasteiger partial charge is 0.326 e. The molecule has 2 N–H and O–H groups in total. The summed E-state index contributed by atoms with van der Waals surface area (Å²) in [6.07, 6.45) is 0.367. The highest BCUT2D eigenvalue weighted by Gasteiger charge is 2.29. The minimum absolute atomic E-state index is 0.00695. The van der Waals surface area contributed by atoms with E-state index in [1.165, 1.54) is 23.5 Å². The molecule has 6 heteroatoms. The maximum absolute atomic E-state index is 12.9. The van der Waals surface area contributed by atoms with Crippen molar-refractivity contribution in [3.63, 3.8) is 0 Å². The second-order valence-corrected chi connectivity index (χ2v) is 5.33. The first-order valence-corrected chi connectivity index (χ1v) is 6.79. The van der Waals surface area contributed by atoms with E-state index in [2.05, 4.69) is 4.98 Å². The van der Waals surface area contributed by atoms with E-state index in [-0.39, 0.29) is 17.8 Å². The van der Waals surface area contributed by atoms with Gasteiger partial charge in [0.25, 0.3) is 0 Å². The fraction of sp³-hybridized carbons (Fsp3) is 0.231. The van der Waals surface area contributed by atoms with Gasteiger partial charge in [-0.3, -0.25) is 9.69 Å². The Hall–Kier alpha value is -1.79. The fourth-order valence-corrected chi connectivity index (χ4v) is 2.92. The Balaban J connectivity index is 1.87. The molecule has 2 aromatic rings. The quantitative estimate of drug-likeness (QED) is 0.913. The molecule has 1 aliphatic heterocycles. The van der Waals surface area contributed by atoms with E-state index in [9.17, 15) is 9.18 Å². The minimum Gasteiger partial charge on any atom is -0.326 e. The molecule has 1 unspecified atom stereocenters. The van der Waals surface area contributed by atoms with Gasteiger partial charge in [0.1, 0.15) is 5.82 Å². The molecule has 0 radical (unpaired) electrons. The molecule has 1 aromatic heterocycles. The summed E-state index contributed by atoms with van der Waals surface area (Å²) in [6, 6.07) is 6.01. The van der Waals surface area contributed by atoms with Crippen LogP contribution in [0.4, 0.5) is 9.52 Å². The van der Waals surface area contributed by atoms with Gasteiger partial charge in [-0.25, -0.2) is 9.37 Å². The number of anilines is 1. The van der Waals surface area contributed by atoms with Gasteiger partial charge < -0.3 is 5.73 Å². The number of nitrogens with two attached hydrogens (primary N) is 1. The van der Waals surface area contributed by atoms with E-state index in [1.807, 2.05) is 5.38 Å². The maximum Gasteiger partial charge on any atom is 0.230 e. The molecule has 1 fully saturated rings. The molecule has 3 rings (SSSR count). The van der Waals surface area contributed by atoms with Crippen molar-refractivity contribution < 1.29 is 9.18 Å². The van der Waals surface area contributed by atoms with Gasteiger partial charge in [-0.15, -0.1) is 11.3 Å². The van der Waals surface area contributed by atoms with Crippen molar-refractivity contribution in [1.29, 1.82) is 0 Å². The van der Waals surface area contributed by atoms with Gasteiger partial charge in [0.05, 0.1) is 5.69 Å². The molecular weight excluding hydrogens is 265 g/mol. The molecule has 0 spiro atoms. The average molecular weight is 277 g/mol. The van der Waals surface area contributed by atoms with Crippen LogP contribution in [-0.2, 0) is 4.79 Å². The third-order valence-electron chi connectivity index (χ3n) is 3.02. The second kappa shape index (κ2) is 4.71. The SMILES string of the molecule is NC1CC(=O)N(c2nc(-c3ccc(F)cc3)cs2)C1. The van der Waals surface area contributed by atoms with Crippen molar-refractivity contribution in [2.24, 2.45) is 5.73 Å². The first-order valence-electron chi connectivity index (χ1n) is 5.91. The van der Waals surface area contributed by atoms with E-state index in [0.717, 1.165) is 11.3 Å². The number of carbonyl (C=O) groups is 1. The van der Waals surface area contributed by atoms with Gasteiger partial charge in [0.15, 0.2) is 5.13 Å². The number of amides is 1. The molecule has 1 aromatic carbocycles. The van der Waals surface area contributed by atoms with E-state index < -0.39 is 0 Å². The summed E-state index contributed by atoms with van der Waals surface area (Å²) >= 11 is 1.40. The first kappa shape index (κ1) is 12.3. The summed E-state index contributed by atoms with van der Waals surface area (Å²) in [4.78, 5) is 17.8. The van der Waals surface area contributed by atoms with Crippen molar-refractivity contribution in [2.75, 3.05) is 11.4 Å². The van der Waals surface area contributed by atoms with Crippen LogP contribution in [0.2, 0.25) is 0 Å². The van der Waals surface area contributed by atoms with Gasteiger partial charge in [0, 0.05) is 30.0 Å². The lowest BCUT2D eigenvalue weighted by atomic mass is 10.2. The highest BCUT2D eigenvalue weighted by Crippen LogP contribution is 2.29. The van der Waals surface area contributed by atoms with Crippen LogP contribution in [-0.4, -0.2) is 23.5 Å². The van der Waals surface area contributed by atoms with Crippen LogP contribution in [0, 0.1) is 5.82 Å². The van der Waals surface area contributed by atoms with Crippen molar-refractivity contribution in [1.82, 2.24) is 4.98 Å². The number of rotatable bonds is 2. The zero-order valence-corrected chi connectivity index (χ0v) is 10.9. The molecule has 98 valence electrons. The lowest BCUT2D eigenvalue weighted by molar-refractivity contribution is -0.117. The summed E-state index contributed by atoms with van der Waals surface area (Å²) in [5.74, 6) is -0.271. The number of hydrogen-bond acceptors (Lipinski definition) is 4. The van der Waals surface area contributed by atoms with Crippen LogP contribution in [0.15, 0.2) is 29.6 Å². The van der Waals surface area contributed by atoms with E-state index in [0.29, 0.717) is 18.1 Å². The molecule has 1 aliphatic rings. The Morgan fingerprint density at radius 2 is 2.11 bits per heavy atom. The third-order valence-corrected chi connectivity index (χ3v) is 3.88. The number of aromatic nitrogens is 1. The smallest absolute Gasteiger partial charge is 0.230 e. The van der Waals surface area contributed by atoms with E-state index >= 15 is 0 Å². The highest BCUT2D eigenvalue weighted by atomic mass is 32.1. The summed E-state index contributed by atoms with van der Waals surface area (Å²) < 4.78 is 12.9. The number of hydrogen-bond donors (Lipinski definition) is 1. The Labute approximate surface area is 113 Å². The number of carbonyl (C=O) groups excluding carboxylic acids is 1. The van der Waals surface area contributed by atoms with Gasteiger partial charge in [-0.05, 0) is 24.3 Å². The maximum atomic E-state index is 12.9. The predicted octanol–water partition coefficient (Wildman–Crippen LogP) is 2.01. The number of thiazole rings is 1. The van der Waals surface area contributed by atoms with Crippen molar-refractivity contribution in [2.45, 2.75) is 12.5 Å². The second-order valence-electron chi connectivity index (χ2n) is 4.49. The summed E-state index contributed by atoms with van der Waals surface area (Å²) in [5.41, 5.74) is 7.34. The monoisotopic (exact) mass is 277 g/mol. The van der Waals surface area contributed by atoms with Crippen LogP contribution < -0.4 is 10.6 Å². The van der Waals surface area contributed by atoms with Gasteiger partial charge in [-0.2, -0.15) is 0 Å². The predicted molar refractivity (Wildman–Crippen MR) is 72.5 cm³/mol. The number of nitrogens with zero attached hydrogens (tertiary/aromatic N) is 2. The van der Waals surface area contributed by atoms with Gasteiger partial charge in [0.2, 0.25) is 5.91 Å². The molecular formula is C13H12FN3OS. The summed E-state index contributed by atoms with van der Waals surface area (Å²) in [5, 5.41) is 2.51. The molecule has 0 bridgehead atoms. The fourth-order valence-electron chi connectivity index (χ4n) is 2.06.